The van der Waals surface area contributed by atoms with Crippen molar-refractivity contribution in [1.82, 2.24) is 0 Å². The number of fused-ring (bicyclic) bond motifs is 1. The fraction of sp³-hybridized carbons (Fsp3) is 1.00. The maximum absolute atomic E-state index is 10.6. The molecule has 5 unspecified atom stereocenters. The average Bonchev–Trinajstić information content (AvgIpc) is 2.14. The molecule has 0 amide bonds. The van der Waals surface area contributed by atoms with Gasteiger partial charge >= 0.3 is 0 Å². The highest BCUT2D eigenvalue weighted by atomic mass is 16.3. The van der Waals surface area contributed by atoms with Crippen LogP contribution in [0.15, 0.2) is 0 Å². The van der Waals surface area contributed by atoms with Crippen LogP contribution in [0.25, 0.3) is 0 Å². The minimum atomic E-state index is -0.512. The van der Waals surface area contributed by atoms with E-state index in [1.54, 1.807) is 0 Å². The van der Waals surface area contributed by atoms with Gasteiger partial charge in [-0.3, -0.25) is 0 Å². The maximum Gasteiger partial charge on any atom is 0.0650 e. The normalized spacial score (nSPS) is 51.4. The monoisotopic (exact) mass is 240 g/mol. The fourth-order valence-electron chi connectivity index (χ4n) is 4.34. The quantitative estimate of drug-likeness (QED) is 0.740. The Labute approximate surface area is 105 Å². The predicted octanol–water partition coefficient (Wildman–Crippen LogP) is 2.97. The Kier molecular flexibility index (Phi) is 3.33. The summed E-state index contributed by atoms with van der Waals surface area (Å²) in [6.45, 7) is 8.53. The van der Waals surface area contributed by atoms with Crippen molar-refractivity contribution >= 4 is 0 Å². The predicted molar refractivity (Wildman–Crippen MR) is 69.6 cm³/mol. The largest absolute Gasteiger partial charge is 0.390 e. The van der Waals surface area contributed by atoms with E-state index in [4.69, 9.17) is 0 Å². The van der Waals surface area contributed by atoms with Gasteiger partial charge in [0.05, 0.1) is 11.2 Å². The first-order valence-corrected chi connectivity index (χ1v) is 7.18. The highest BCUT2D eigenvalue weighted by Crippen LogP contribution is 2.52. The molecule has 5 atom stereocenters. The lowest BCUT2D eigenvalue weighted by Gasteiger charge is -2.53. The summed E-state index contributed by atoms with van der Waals surface area (Å²) in [5.74, 6) is 2.23. The second kappa shape index (κ2) is 4.24. The first kappa shape index (κ1) is 13.4. The Morgan fingerprint density at radius 1 is 1.06 bits per heavy atom. The lowest BCUT2D eigenvalue weighted by atomic mass is 9.55. The Hall–Kier alpha value is -0.0800. The van der Waals surface area contributed by atoms with Crippen molar-refractivity contribution in [2.45, 2.75) is 71.0 Å². The van der Waals surface area contributed by atoms with E-state index in [0.717, 1.165) is 32.1 Å². The van der Waals surface area contributed by atoms with E-state index in [-0.39, 0.29) is 0 Å². The lowest BCUT2D eigenvalue weighted by molar-refractivity contribution is -0.140. The Balaban J connectivity index is 2.22. The molecule has 0 aromatic rings. The third-order valence-corrected chi connectivity index (χ3v) is 5.38. The molecule has 2 saturated carbocycles. The molecule has 0 heterocycles. The van der Waals surface area contributed by atoms with Crippen molar-refractivity contribution in [3.63, 3.8) is 0 Å². The van der Waals surface area contributed by atoms with Gasteiger partial charge in [-0.15, -0.1) is 0 Å². The summed E-state index contributed by atoms with van der Waals surface area (Å²) in [4.78, 5) is 0. The van der Waals surface area contributed by atoms with Crippen LogP contribution < -0.4 is 0 Å². The number of rotatable bonds is 1. The van der Waals surface area contributed by atoms with Gasteiger partial charge in [-0.05, 0) is 69.6 Å². The zero-order valence-corrected chi connectivity index (χ0v) is 11.7. The molecular weight excluding hydrogens is 212 g/mol. The van der Waals surface area contributed by atoms with Crippen molar-refractivity contribution in [2.75, 3.05) is 0 Å². The molecule has 17 heavy (non-hydrogen) atoms. The van der Waals surface area contributed by atoms with Crippen LogP contribution in [0.2, 0.25) is 0 Å². The summed E-state index contributed by atoms with van der Waals surface area (Å²) in [5.41, 5.74) is -1.02. The van der Waals surface area contributed by atoms with Gasteiger partial charge in [-0.1, -0.05) is 13.8 Å². The van der Waals surface area contributed by atoms with E-state index in [1.165, 1.54) is 0 Å². The van der Waals surface area contributed by atoms with Crippen molar-refractivity contribution in [2.24, 2.45) is 23.7 Å². The standard InChI is InChI=1S/C15H28O2/c1-10(2)11-5-8-15(4,17)13-6-7-14(3,16)9-12(11)13/h10-13,16-17H,5-9H2,1-4H3. The highest BCUT2D eigenvalue weighted by molar-refractivity contribution is 5.01. The fourth-order valence-corrected chi connectivity index (χ4v) is 4.34. The minimum Gasteiger partial charge on any atom is -0.390 e. The summed E-state index contributed by atoms with van der Waals surface area (Å²) >= 11 is 0. The summed E-state index contributed by atoms with van der Waals surface area (Å²) < 4.78 is 0. The maximum atomic E-state index is 10.6. The van der Waals surface area contributed by atoms with Crippen LogP contribution in [0.5, 0.6) is 0 Å². The lowest BCUT2D eigenvalue weighted by Crippen LogP contribution is -2.53. The van der Waals surface area contributed by atoms with E-state index in [0.29, 0.717) is 23.7 Å². The molecule has 0 spiro atoms. The van der Waals surface area contributed by atoms with Gasteiger partial charge in [-0.2, -0.15) is 0 Å². The number of hydrogen-bond donors (Lipinski definition) is 2. The molecule has 100 valence electrons. The molecule has 0 bridgehead atoms. The van der Waals surface area contributed by atoms with Crippen LogP contribution in [-0.2, 0) is 0 Å². The highest BCUT2D eigenvalue weighted by Gasteiger charge is 2.50. The van der Waals surface area contributed by atoms with E-state index in [9.17, 15) is 10.2 Å². The van der Waals surface area contributed by atoms with E-state index in [2.05, 4.69) is 13.8 Å². The topological polar surface area (TPSA) is 40.5 Å². The molecule has 0 aliphatic heterocycles. The molecule has 2 rings (SSSR count). The average molecular weight is 240 g/mol. The van der Waals surface area contributed by atoms with Crippen LogP contribution in [0.1, 0.15) is 59.8 Å². The summed E-state index contributed by atoms with van der Waals surface area (Å²) in [5, 5.41) is 20.9. The van der Waals surface area contributed by atoms with Crippen molar-refractivity contribution < 1.29 is 10.2 Å². The van der Waals surface area contributed by atoms with Crippen LogP contribution in [0.3, 0.4) is 0 Å². The molecule has 0 aromatic heterocycles. The molecule has 2 heteroatoms. The van der Waals surface area contributed by atoms with Crippen molar-refractivity contribution in [3.8, 4) is 0 Å². The molecular formula is C15H28O2. The SMILES string of the molecule is CC(C)C1CCC(C)(O)C2CCC(C)(O)CC12. The Morgan fingerprint density at radius 3 is 2.29 bits per heavy atom. The van der Waals surface area contributed by atoms with Gasteiger partial charge in [0.1, 0.15) is 0 Å². The zero-order chi connectivity index (χ0) is 12.8. The number of hydrogen-bond acceptors (Lipinski definition) is 2. The van der Waals surface area contributed by atoms with Gasteiger partial charge in [-0.25, -0.2) is 0 Å². The third-order valence-electron chi connectivity index (χ3n) is 5.38. The van der Waals surface area contributed by atoms with Gasteiger partial charge in [0.25, 0.3) is 0 Å². The molecule has 2 aliphatic rings. The van der Waals surface area contributed by atoms with Crippen LogP contribution in [0.4, 0.5) is 0 Å². The molecule has 2 fully saturated rings. The first-order valence-electron chi connectivity index (χ1n) is 7.18. The third kappa shape index (κ3) is 2.53. The second-order valence-electron chi connectivity index (χ2n) is 7.31. The molecule has 2 aliphatic carbocycles. The Morgan fingerprint density at radius 2 is 1.71 bits per heavy atom. The van der Waals surface area contributed by atoms with Gasteiger partial charge in [0, 0.05) is 0 Å². The van der Waals surface area contributed by atoms with Gasteiger partial charge < -0.3 is 10.2 Å². The molecule has 2 nitrogen and oxygen atoms in total. The zero-order valence-electron chi connectivity index (χ0n) is 11.7. The van der Waals surface area contributed by atoms with Crippen molar-refractivity contribution in [3.05, 3.63) is 0 Å². The second-order valence-corrected chi connectivity index (χ2v) is 7.31. The van der Waals surface area contributed by atoms with E-state index >= 15 is 0 Å². The first-order chi connectivity index (χ1) is 7.73. The van der Waals surface area contributed by atoms with Crippen LogP contribution in [-0.4, -0.2) is 21.4 Å². The molecule has 0 aromatic carbocycles. The van der Waals surface area contributed by atoms with Crippen LogP contribution >= 0.6 is 0 Å². The van der Waals surface area contributed by atoms with E-state index < -0.39 is 11.2 Å². The summed E-state index contributed by atoms with van der Waals surface area (Å²) in [6.07, 6.45) is 4.74. The molecule has 0 radical (unpaired) electrons. The van der Waals surface area contributed by atoms with E-state index in [1.807, 2.05) is 13.8 Å². The minimum absolute atomic E-state index is 0.392. The Bertz CT molecular complexity index is 281. The smallest absolute Gasteiger partial charge is 0.0650 e. The summed E-state index contributed by atoms with van der Waals surface area (Å²) in [6, 6.07) is 0. The number of aliphatic hydroxyl groups is 2. The van der Waals surface area contributed by atoms with Gasteiger partial charge in [0.15, 0.2) is 0 Å². The van der Waals surface area contributed by atoms with Gasteiger partial charge in [0.2, 0.25) is 0 Å². The molecule has 2 N–H and O–H groups in total. The molecule has 0 saturated heterocycles. The summed E-state index contributed by atoms with van der Waals surface area (Å²) in [7, 11) is 0. The van der Waals surface area contributed by atoms with Crippen molar-refractivity contribution in [1.29, 1.82) is 0 Å². The van der Waals surface area contributed by atoms with Crippen LogP contribution in [0, 0.1) is 23.7 Å².